The number of aromatic nitrogens is 1. The third-order valence-electron chi connectivity index (χ3n) is 6.71. The van der Waals surface area contributed by atoms with Gasteiger partial charge in [0, 0.05) is 41.0 Å². The van der Waals surface area contributed by atoms with Gasteiger partial charge in [-0.05, 0) is 55.9 Å². The van der Waals surface area contributed by atoms with Crippen LogP contribution >= 0.6 is 11.6 Å². The zero-order chi connectivity index (χ0) is 20.4. The molecule has 0 spiro atoms. The van der Waals surface area contributed by atoms with Crippen LogP contribution in [0.2, 0.25) is 5.02 Å². The van der Waals surface area contributed by atoms with E-state index in [0.29, 0.717) is 35.8 Å². The second-order valence-electron chi connectivity index (χ2n) is 8.68. The number of aromatic amines is 1. The Labute approximate surface area is 177 Å². The van der Waals surface area contributed by atoms with E-state index in [1.807, 2.05) is 36.1 Å². The third kappa shape index (κ3) is 4.61. The average Bonchev–Trinajstić information content (AvgIpc) is 3.16. The monoisotopic (exact) mass is 415 g/mol. The molecule has 1 aliphatic carbocycles. The molecule has 1 saturated heterocycles. The van der Waals surface area contributed by atoms with Crippen molar-refractivity contribution in [1.29, 1.82) is 0 Å². The fraction of sp³-hybridized carbons (Fsp3) is 0.565. The first kappa shape index (κ1) is 20.3. The summed E-state index contributed by atoms with van der Waals surface area (Å²) >= 11 is 6.05. The lowest BCUT2D eigenvalue weighted by atomic mass is 9.84. The Hall–Kier alpha value is -2.01. The number of likely N-dealkylation sites (tertiary alicyclic amines) is 1. The van der Waals surface area contributed by atoms with Gasteiger partial charge in [0.2, 0.25) is 5.91 Å². The minimum Gasteiger partial charge on any atom is -0.353 e. The Morgan fingerprint density at radius 1 is 1.10 bits per heavy atom. The molecule has 156 valence electrons. The number of fused-ring (bicyclic) bond motifs is 1. The van der Waals surface area contributed by atoms with Crippen LogP contribution in [0.25, 0.3) is 10.9 Å². The van der Waals surface area contributed by atoms with E-state index in [1.54, 1.807) is 0 Å². The van der Waals surface area contributed by atoms with Gasteiger partial charge in [-0.15, -0.1) is 0 Å². The van der Waals surface area contributed by atoms with Gasteiger partial charge in [-0.1, -0.05) is 37.8 Å². The second kappa shape index (κ2) is 8.78. The minimum absolute atomic E-state index is 0.00407. The maximum absolute atomic E-state index is 12.9. The fourth-order valence-corrected chi connectivity index (χ4v) is 4.97. The van der Waals surface area contributed by atoms with E-state index in [0.717, 1.165) is 36.6 Å². The van der Waals surface area contributed by atoms with Crippen molar-refractivity contribution in [2.24, 2.45) is 11.8 Å². The predicted octanol–water partition coefficient (Wildman–Crippen LogP) is 4.76. The molecule has 0 bridgehead atoms. The van der Waals surface area contributed by atoms with Crippen LogP contribution in [0.3, 0.4) is 0 Å². The van der Waals surface area contributed by atoms with Crippen LogP contribution in [-0.2, 0) is 4.79 Å². The average molecular weight is 416 g/mol. The normalized spacial score (nSPS) is 20.0. The summed E-state index contributed by atoms with van der Waals surface area (Å²) in [5.41, 5.74) is 1.52. The molecular weight excluding hydrogens is 386 g/mol. The molecule has 4 rings (SSSR count). The van der Waals surface area contributed by atoms with Gasteiger partial charge in [0.05, 0.1) is 0 Å². The van der Waals surface area contributed by atoms with Gasteiger partial charge >= 0.3 is 0 Å². The molecule has 0 unspecified atom stereocenters. The van der Waals surface area contributed by atoms with Crippen LogP contribution in [0, 0.1) is 11.8 Å². The number of benzene rings is 1. The number of carbonyl (C=O) groups is 2. The van der Waals surface area contributed by atoms with Crippen molar-refractivity contribution in [2.75, 3.05) is 13.1 Å². The second-order valence-corrected chi connectivity index (χ2v) is 9.11. The van der Waals surface area contributed by atoms with Crippen molar-refractivity contribution in [3.63, 3.8) is 0 Å². The van der Waals surface area contributed by atoms with Crippen molar-refractivity contribution in [2.45, 2.75) is 57.9 Å². The van der Waals surface area contributed by atoms with Gasteiger partial charge in [-0.25, -0.2) is 0 Å². The highest BCUT2D eigenvalue weighted by atomic mass is 35.5. The van der Waals surface area contributed by atoms with Gasteiger partial charge in [-0.3, -0.25) is 9.59 Å². The van der Waals surface area contributed by atoms with Crippen molar-refractivity contribution in [3.8, 4) is 0 Å². The molecule has 29 heavy (non-hydrogen) atoms. The van der Waals surface area contributed by atoms with Crippen molar-refractivity contribution >= 4 is 34.3 Å². The van der Waals surface area contributed by atoms with Crippen molar-refractivity contribution < 1.29 is 9.59 Å². The standard InChI is InChI=1S/C23H30ClN3O2/c1-15(22(28)25-19-5-3-2-4-6-19)16-9-11-27(12-10-16)23(29)21-14-17-13-18(24)7-8-20(17)26-21/h7-8,13-16,19,26H,2-6,9-12H2,1H3,(H,25,28)/t15-/m1/s1. The molecule has 6 heteroatoms. The molecule has 1 atom stereocenters. The number of piperidine rings is 1. The number of nitrogens with zero attached hydrogens (tertiary/aromatic N) is 1. The van der Waals surface area contributed by atoms with Crippen LogP contribution in [0.15, 0.2) is 24.3 Å². The number of nitrogens with one attached hydrogen (secondary N) is 2. The topological polar surface area (TPSA) is 65.2 Å². The smallest absolute Gasteiger partial charge is 0.270 e. The molecule has 1 aromatic heterocycles. The Kier molecular flexibility index (Phi) is 6.14. The molecule has 2 N–H and O–H groups in total. The molecule has 2 aliphatic rings. The minimum atomic E-state index is 0.00407. The summed E-state index contributed by atoms with van der Waals surface area (Å²) in [5, 5.41) is 4.87. The number of carbonyl (C=O) groups excluding carboxylic acids is 2. The Balaban J connectivity index is 1.32. The highest BCUT2D eigenvalue weighted by Gasteiger charge is 2.31. The zero-order valence-electron chi connectivity index (χ0n) is 17.0. The van der Waals surface area contributed by atoms with Crippen molar-refractivity contribution in [1.82, 2.24) is 15.2 Å². The van der Waals surface area contributed by atoms with Gasteiger partial charge in [0.25, 0.3) is 5.91 Å². The third-order valence-corrected chi connectivity index (χ3v) is 6.95. The molecule has 5 nitrogen and oxygen atoms in total. The predicted molar refractivity (Wildman–Crippen MR) is 116 cm³/mol. The van der Waals surface area contributed by atoms with Crippen LogP contribution in [0.5, 0.6) is 0 Å². The summed E-state index contributed by atoms with van der Waals surface area (Å²) in [6, 6.07) is 7.81. The van der Waals surface area contributed by atoms with E-state index >= 15 is 0 Å². The number of hydrogen-bond acceptors (Lipinski definition) is 2. The quantitative estimate of drug-likeness (QED) is 0.756. The van der Waals surface area contributed by atoms with E-state index in [2.05, 4.69) is 10.3 Å². The molecule has 2 aromatic rings. The van der Waals surface area contributed by atoms with E-state index in [-0.39, 0.29) is 17.7 Å². The van der Waals surface area contributed by atoms with E-state index in [1.165, 1.54) is 19.3 Å². The summed E-state index contributed by atoms with van der Waals surface area (Å²) in [6.07, 6.45) is 7.70. The molecule has 0 radical (unpaired) electrons. The van der Waals surface area contributed by atoms with Gasteiger partial charge < -0.3 is 15.2 Å². The Bertz CT molecular complexity index is 879. The molecule has 2 fully saturated rings. The largest absolute Gasteiger partial charge is 0.353 e. The molecule has 2 heterocycles. The van der Waals surface area contributed by atoms with Crippen LogP contribution in [0.4, 0.5) is 0 Å². The Morgan fingerprint density at radius 2 is 1.83 bits per heavy atom. The molecule has 1 aliphatic heterocycles. The highest BCUT2D eigenvalue weighted by molar-refractivity contribution is 6.31. The lowest BCUT2D eigenvalue weighted by Gasteiger charge is -2.35. The first-order valence-corrected chi connectivity index (χ1v) is 11.3. The van der Waals surface area contributed by atoms with E-state index in [4.69, 9.17) is 11.6 Å². The zero-order valence-corrected chi connectivity index (χ0v) is 17.8. The lowest BCUT2D eigenvalue weighted by Crippen LogP contribution is -2.45. The number of rotatable bonds is 4. The SMILES string of the molecule is C[C@@H](C(=O)NC1CCCCC1)C1CCN(C(=O)c2cc3cc(Cl)ccc3[nH]2)CC1. The molecule has 1 saturated carbocycles. The van der Waals surface area contributed by atoms with Crippen molar-refractivity contribution in [3.05, 3.63) is 35.0 Å². The molecular formula is C23H30ClN3O2. The number of hydrogen-bond donors (Lipinski definition) is 2. The van der Waals surface area contributed by atoms with E-state index in [9.17, 15) is 9.59 Å². The van der Waals surface area contributed by atoms with E-state index < -0.39 is 0 Å². The van der Waals surface area contributed by atoms with Gasteiger partial charge in [-0.2, -0.15) is 0 Å². The summed E-state index contributed by atoms with van der Waals surface area (Å²) in [5.74, 6) is 0.554. The van der Waals surface area contributed by atoms with Crippen LogP contribution in [0.1, 0.15) is 62.4 Å². The van der Waals surface area contributed by atoms with Gasteiger partial charge in [0.1, 0.15) is 5.69 Å². The molecule has 1 aromatic carbocycles. The number of amides is 2. The van der Waals surface area contributed by atoms with Gasteiger partial charge in [0.15, 0.2) is 0 Å². The fourth-order valence-electron chi connectivity index (χ4n) is 4.79. The maximum Gasteiger partial charge on any atom is 0.270 e. The number of halogens is 1. The Morgan fingerprint density at radius 3 is 2.55 bits per heavy atom. The lowest BCUT2D eigenvalue weighted by molar-refractivity contribution is -0.127. The maximum atomic E-state index is 12.9. The summed E-state index contributed by atoms with van der Waals surface area (Å²) < 4.78 is 0. The first-order chi connectivity index (χ1) is 14.0. The summed E-state index contributed by atoms with van der Waals surface area (Å²) in [4.78, 5) is 30.7. The molecule has 2 amide bonds. The van der Waals surface area contributed by atoms with Crippen LogP contribution < -0.4 is 5.32 Å². The first-order valence-electron chi connectivity index (χ1n) is 10.9. The summed E-state index contributed by atoms with van der Waals surface area (Å²) in [7, 11) is 0. The highest BCUT2D eigenvalue weighted by Crippen LogP contribution is 2.28. The summed E-state index contributed by atoms with van der Waals surface area (Å²) in [6.45, 7) is 3.43. The van der Waals surface area contributed by atoms with Crippen LogP contribution in [-0.4, -0.2) is 40.8 Å². The number of H-pyrrole nitrogens is 1.